The lowest BCUT2D eigenvalue weighted by atomic mass is 10.1. The Hall–Kier alpha value is -1.54. The highest BCUT2D eigenvalue weighted by molar-refractivity contribution is 8.14. The molecule has 1 heterocycles. The molecule has 1 aliphatic heterocycles. The molecule has 0 aromatic heterocycles. The number of benzene rings is 1. The minimum absolute atomic E-state index is 0. The summed E-state index contributed by atoms with van der Waals surface area (Å²) in [5, 5.41) is 18.6. The van der Waals surface area contributed by atoms with Gasteiger partial charge in [-0.25, -0.2) is 5.43 Å². The topological polar surface area (TPSA) is 137 Å². The number of carbonyl (C=O) groups excluding carboxylic acids is 1. The van der Waals surface area contributed by atoms with Gasteiger partial charge >= 0.3 is 5.17 Å². The van der Waals surface area contributed by atoms with Gasteiger partial charge in [-0.05, 0) is 31.0 Å². The molecule has 5 N–H and O–H groups in total. The summed E-state index contributed by atoms with van der Waals surface area (Å²) < 4.78 is 0. The van der Waals surface area contributed by atoms with Crippen LogP contribution in [0.4, 0.5) is 16.2 Å². The summed E-state index contributed by atoms with van der Waals surface area (Å²) in [5.41, 5.74) is 9.61. The summed E-state index contributed by atoms with van der Waals surface area (Å²) in [4.78, 5) is 25.2. The molecule has 0 spiro atoms. The largest absolute Gasteiger partial charge is 1.00 e. The molecule has 0 radical (unpaired) electrons. The molecule has 26 heavy (non-hydrogen) atoms. The first-order valence-electron chi connectivity index (χ1n) is 7.39. The second-order valence-corrected chi connectivity index (χ2v) is 7.23. The van der Waals surface area contributed by atoms with E-state index in [2.05, 4.69) is 20.8 Å². The maximum atomic E-state index is 11.4. The van der Waals surface area contributed by atoms with Crippen molar-refractivity contribution >= 4 is 51.0 Å². The van der Waals surface area contributed by atoms with E-state index in [1.807, 2.05) is 13.2 Å². The number of nitrogens with zero attached hydrogens (tertiary/aromatic N) is 2. The van der Waals surface area contributed by atoms with Crippen LogP contribution in [0.2, 0.25) is 0 Å². The van der Waals surface area contributed by atoms with Crippen molar-refractivity contribution in [3.05, 3.63) is 33.9 Å². The first kappa shape index (κ1) is 22.5. The van der Waals surface area contributed by atoms with Gasteiger partial charge < -0.3 is 29.3 Å². The summed E-state index contributed by atoms with van der Waals surface area (Å²) in [7, 11) is 0. The Morgan fingerprint density at radius 3 is 2.92 bits per heavy atom. The predicted molar refractivity (Wildman–Crippen MR) is 102 cm³/mol. The van der Waals surface area contributed by atoms with Gasteiger partial charge in [-0.1, -0.05) is 17.8 Å². The number of rotatable bonds is 6. The van der Waals surface area contributed by atoms with E-state index >= 15 is 0 Å². The van der Waals surface area contributed by atoms with Crippen LogP contribution in [0.3, 0.4) is 0 Å². The Morgan fingerprint density at radius 2 is 2.31 bits per heavy atom. The van der Waals surface area contributed by atoms with E-state index < -0.39 is 4.92 Å². The van der Waals surface area contributed by atoms with E-state index in [-0.39, 0.29) is 40.2 Å². The maximum absolute atomic E-state index is 11.4. The minimum Gasteiger partial charge on any atom is -1.00 e. The van der Waals surface area contributed by atoms with Crippen molar-refractivity contribution in [2.75, 3.05) is 24.7 Å². The molecule has 142 valence electrons. The zero-order chi connectivity index (χ0) is 18.4. The van der Waals surface area contributed by atoms with Crippen molar-refractivity contribution < 1.29 is 38.7 Å². The standard InChI is InChI=1S/C14H18N6O3S2.HI/c1-8-12(18-19-14(21)25-8)9-3-4-10(11(7-9)20(22)23)16-5-6-17-13(15)24-2;/h3-4,7-8,16H,5-6H2,1-2H3,(H2,15,17)(H,19,21);1H. The van der Waals surface area contributed by atoms with Gasteiger partial charge in [0.2, 0.25) is 0 Å². The van der Waals surface area contributed by atoms with Gasteiger partial charge in [-0.3, -0.25) is 25.6 Å². The Kier molecular flexibility index (Phi) is 9.15. The zero-order valence-corrected chi connectivity index (χ0v) is 17.9. The second kappa shape index (κ2) is 10.6. The van der Waals surface area contributed by atoms with Crippen LogP contribution < -0.4 is 45.4 Å². The molecule has 1 amide bonds. The Bertz CT molecular complexity index is 743. The van der Waals surface area contributed by atoms with Gasteiger partial charge in [0, 0.05) is 11.6 Å². The molecule has 2 rings (SSSR count). The fourth-order valence-corrected chi connectivity index (χ4v) is 3.15. The van der Waals surface area contributed by atoms with E-state index in [4.69, 9.17) is 5.73 Å². The van der Waals surface area contributed by atoms with Crippen LogP contribution in [0.1, 0.15) is 12.5 Å². The van der Waals surface area contributed by atoms with E-state index in [1.54, 1.807) is 12.1 Å². The van der Waals surface area contributed by atoms with Gasteiger partial charge in [0.25, 0.3) is 10.9 Å². The molecule has 1 atom stereocenters. The third-order valence-electron chi connectivity index (χ3n) is 3.39. The van der Waals surface area contributed by atoms with Crippen LogP contribution in [-0.2, 0) is 0 Å². The highest BCUT2D eigenvalue weighted by Gasteiger charge is 2.24. The lowest BCUT2D eigenvalue weighted by Crippen LogP contribution is -3.00. The monoisotopic (exact) mass is 510 g/mol. The number of carbonyl (C=O) groups is 1. The number of anilines is 1. The minimum atomic E-state index is -0.443. The van der Waals surface area contributed by atoms with E-state index in [1.165, 1.54) is 17.8 Å². The lowest BCUT2D eigenvalue weighted by Gasteiger charge is -2.18. The molecule has 0 aliphatic carbocycles. The molecule has 12 heteroatoms. The number of nitrogens with two attached hydrogens (primary N) is 1. The van der Waals surface area contributed by atoms with Crippen LogP contribution >= 0.6 is 23.5 Å². The summed E-state index contributed by atoms with van der Waals surface area (Å²) >= 11 is 2.49. The summed E-state index contributed by atoms with van der Waals surface area (Å²) in [6.07, 6.45) is 1.86. The molecule has 0 bridgehead atoms. The van der Waals surface area contributed by atoms with Crippen molar-refractivity contribution in [1.29, 1.82) is 0 Å². The first-order chi connectivity index (χ1) is 11.9. The molecular weight excluding hydrogens is 491 g/mol. The number of hydrazone groups is 1. The van der Waals surface area contributed by atoms with Gasteiger partial charge in [0.05, 0.1) is 22.4 Å². The molecule has 1 aliphatic rings. The zero-order valence-electron chi connectivity index (χ0n) is 14.1. The predicted octanol–water partition coefficient (Wildman–Crippen LogP) is -2.68. The van der Waals surface area contributed by atoms with Crippen LogP contribution in [0, 0.1) is 10.1 Å². The number of nitrogens with one attached hydrogen (secondary N) is 3. The van der Waals surface area contributed by atoms with Gasteiger partial charge in [0.1, 0.15) is 12.2 Å². The molecule has 1 aromatic carbocycles. The number of nitro groups is 1. The first-order valence-corrected chi connectivity index (χ1v) is 9.50. The highest BCUT2D eigenvalue weighted by atomic mass is 127. The van der Waals surface area contributed by atoms with E-state index in [9.17, 15) is 14.9 Å². The van der Waals surface area contributed by atoms with E-state index in [0.717, 1.165) is 11.8 Å². The molecule has 1 unspecified atom stereocenters. The Labute approximate surface area is 176 Å². The molecule has 0 saturated heterocycles. The van der Waals surface area contributed by atoms with Crippen molar-refractivity contribution in [2.24, 2.45) is 10.8 Å². The van der Waals surface area contributed by atoms with Gasteiger partial charge in [-0.15, -0.1) is 0 Å². The number of halogens is 1. The number of amides is 1. The summed E-state index contributed by atoms with van der Waals surface area (Å²) in [6, 6.07) is 4.86. The summed E-state index contributed by atoms with van der Waals surface area (Å²) in [5.74, 6) is 0. The molecule has 1 aromatic rings. The van der Waals surface area contributed by atoms with Gasteiger partial charge in [-0.2, -0.15) is 5.10 Å². The fraction of sp³-hybridized carbons (Fsp3) is 0.357. The smallest absolute Gasteiger partial charge is 0.301 e. The Morgan fingerprint density at radius 1 is 1.58 bits per heavy atom. The van der Waals surface area contributed by atoms with Crippen molar-refractivity contribution in [3.63, 3.8) is 0 Å². The van der Waals surface area contributed by atoms with Crippen molar-refractivity contribution in [1.82, 2.24) is 5.43 Å². The lowest BCUT2D eigenvalue weighted by molar-refractivity contribution is -0.450. The van der Waals surface area contributed by atoms with Crippen LogP contribution in [0.25, 0.3) is 0 Å². The van der Waals surface area contributed by atoms with Crippen LogP contribution in [-0.4, -0.2) is 45.6 Å². The normalized spacial score (nSPS) is 17.0. The molecule has 0 saturated carbocycles. The number of nitro benzene ring substituents is 1. The van der Waals surface area contributed by atoms with Crippen LogP contribution in [0.5, 0.6) is 0 Å². The Balaban J connectivity index is 0.00000338. The molecule has 9 nitrogen and oxygen atoms in total. The summed E-state index contributed by atoms with van der Waals surface area (Å²) in [6.45, 7) is 2.85. The van der Waals surface area contributed by atoms with Crippen molar-refractivity contribution in [3.8, 4) is 0 Å². The van der Waals surface area contributed by atoms with Crippen LogP contribution in [0.15, 0.2) is 23.3 Å². The third kappa shape index (κ3) is 6.02. The number of hydrogen-bond donors (Lipinski definition) is 4. The SMILES string of the molecule is CSC(N)=[NH+]CCNc1ccc(C2=NNC(=O)SC2C)cc1[N+](=O)[O-].[I-]. The molecular formula is C14H19IN6O3S2. The fourth-order valence-electron chi connectivity index (χ4n) is 2.19. The quantitative estimate of drug-likeness (QED) is 0.0818. The average Bonchev–Trinajstić information content (AvgIpc) is 2.58. The second-order valence-electron chi connectivity index (χ2n) is 5.07. The van der Waals surface area contributed by atoms with E-state index in [0.29, 0.717) is 35.2 Å². The maximum Gasteiger partial charge on any atom is 0.301 e. The number of thioether (sulfide) groups is 2. The third-order valence-corrected chi connectivity index (χ3v) is 4.85. The average molecular weight is 510 g/mol. The number of amidine groups is 1. The van der Waals surface area contributed by atoms with Crippen molar-refractivity contribution in [2.45, 2.75) is 12.2 Å². The molecule has 0 fully saturated rings. The highest BCUT2D eigenvalue weighted by Crippen LogP contribution is 2.28. The number of hydrogen-bond acceptors (Lipinski definition) is 7. The van der Waals surface area contributed by atoms with Gasteiger partial charge in [0.15, 0.2) is 0 Å².